The largest absolute Gasteiger partial charge is 0.293 e. The van der Waals surface area contributed by atoms with Gasteiger partial charge in [-0.05, 0) is 29.2 Å². The van der Waals surface area contributed by atoms with Crippen LogP contribution in [0.2, 0.25) is 0 Å². The molecule has 2 aliphatic heterocycles. The highest BCUT2D eigenvalue weighted by atomic mass is 16.2. The summed E-state index contributed by atoms with van der Waals surface area (Å²) in [6.45, 7) is 0.803. The SMILES string of the molecule is O=C1NC(=O)[C@@H]2CCCN2[C@H]1c1cccc2ccccc12. The van der Waals surface area contributed by atoms with Gasteiger partial charge in [0.05, 0.1) is 6.04 Å². The van der Waals surface area contributed by atoms with Crippen LogP contribution in [0.1, 0.15) is 24.4 Å². The monoisotopic (exact) mass is 280 g/mol. The topological polar surface area (TPSA) is 49.4 Å². The van der Waals surface area contributed by atoms with Crippen LogP contribution < -0.4 is 5.32 Å². The summed E-state index contributed by atoms with van der Waals surface area (Å²) < 4.78 is 0. The van der Waals surface area contributed by atoms with Gasteiger partial charge in [0, 0.05) is 6.54 Å². The van der Waals surface area contributed by atoms with Crippen LogP contribution in [-0.2, 0) is 9.59 Å². The number of benzene rings is 2. The number of hydrogen-bond donors (Lipinski definition) is 1. The van der Waals surface area contributed by atoms with E-state index < -0.39 is 0 Å². The van der Waals surface area contributed by atoms with Crippen LogP contribution in [0.5, 0.6) is 0 Å². The second-order valence-electron chi connectivity index (χ2n) is 5.72. The van der Waals surface area contributed by atoms with Crippen molar-refractivity contribution in [1.29, 1.82) is 0 Å². The molecule has 2 aromatic rings. The van der Waals surface area contributed by atoms with E-state index in [1.165, 1.54) is 0 Å². The third-order valence-corrected chi connectivity index (χ3v) is 4.54. The minimum absolute atomic E-state index is 0.144. The molecule has 4 heteroatoms. The maximum absolute atomic E-state index is 12.4. The number of hydrogen-bond acceptors (Lipinski definition) is 3. The van der Waals surface area contributed by atoms with Crippen molar-refractivity contribution in [3.63, 3.8) is 0 Å². The Morgan fingerprint density at radius 1 is 1.00 bits per heavy atom. The van der Waals surface area contributed by atoms with E-state index in [4.69, 9.17) is 0 Å². The fraction of sp³-hybridized carbons (Fsp3) is 0.294. The van der Waals surface area contributed by atoms with Gasteiger partial charge in [0.2, 0.25) is 11.8 Å². The maximum Gasteiger partial charge on any atom is 0.248 e. The Bertz CT molecular complexity index is 735. The molecule has 4 nitrogen and oxygen atoms in total. The smallest absolute Gasteiger partial charge is 0.248 e. The average molecular weight is 280 g/mol. The molecule has 21 heavy (non-hydrogen) atoms. The predicted octanol–water partition coefficient (Wildman–Crippen LogP) is 2.00. The zero-order chi connectivity index (χ0) is 14.4. The van der Waals surface area contributed by atoms with E-state index in [1.807, 2.05) is 42.5 Å². The fourth-order valence-electron chi connectivity index (χ4n) is 3.61. The van der Waals surface area contributed by atoms with Crippen molar-refractivity contribution in [3.05, 3.63) is 48.0 Å². The molecule has 0 aromatic heterocycles. The Kier molecular flexibility index (Phi) is 2.79. The molecule has 2 aromatic carbocycles. The molecule has 106 valence electrons. The molecule has 2 saturated heterocycles. The van der Waals surface area contributed by atoms with Crippen molar-refractivity contribution in [2.45, 2.75) is 24.9 Å². The molecule has 2 atom stereocenters. The third kappa shape index (κ3) is 1.87. The predicted molar refractivity (Wildman–Crippen MR) is 79.6 cm³/mol. The molecule has 0 unspecified atom stereocenters. The average Bonchev–Trinajstić information content (AvgIpc) is 2.97. The van der Waals surface area contributed by atoms with E-state index in [2.05, 4.69) is 10.2 Å². The molecule has 1 N–H and O–H groups in total. The van der Waals surface area contributed by atoms with Gasteiger partial charge in [-0.2, -0.15) is 0 Å². The van der Waals surface area contributed by atoms with Gasteiger partial charge in [-0.15, -0.1) is 0 Å². The lowest BCUT2D eigenvalue weighted by Gasteiger charge is -2.36. The van der Waals surface area contributed by atoms with Gasteiger partial charge < -0.3 is 0 Å². The summed E-state index contributed by atoms with van der Waals surface area (Å²) in [5.41, 5.74) is 0.991. The lowest BCUT2D eigenvalue weighted by molar-refractivity contribution is -0.143. The highest BCUT2D eigenvalue weighted by molar-refractivity contribution is 6.04. The van der Waals surface area contributed by atoms with Crippen LogP contribution in [-0.4, -0.2) is 29.3 Å². The van der Waals surface area contributed by atoms with Gasteiger partial charge in [0.15, 0.2) is 0 Å². The first-order chi connectivity index (χ1) is 10.3. The summed E-state index contributed by atoms with van der Waals surface area (Å²) in [5, 5.41) is 4.75. The van der Waals surface area contributed by atoms with Crippen LogP contribution in [0.15, 0.2) is 42.5 Å². The van der Waals surface area contributed by atoms with E-state index in [9.17, 15) is 9.59 Å². The number of carbonyl (C=O) groups is 2. The highest BCUT2D eigenvalue weighted by Crippen LogP contribution is 2.35. The van der Waals surface area contributed by atoms with E-state index in [-0.39, 0.29) is 23.9 Å². The summed E-state index contributed by atoms with van der Waals surface area (Å²) in [7, 11) is 0. The first kappa shape index (κ1) is 12.5. The minimum Gasteiger partial charge on any atom is -0.293 e. The van der Waals surface area contributed by atoms with E-state index in [0.29, 0.717) is 0 Å². The highest BCUT2D eigenvalue weighted by Gasteiger charge is 2.44. The number of rotatable bonds is 1. The van der Waals surface area contributed by atoms with Crippen LogP contribution in [0.3, 0.4) is 0 Å². The zero-order valence-corrected chi connectivity index (χ0v) is 11.6. The number of nitrogens with one attached hydrogen (secondary N) is 1. The normalized spacial score (nSPS) is 25.9. The van der Waals surface area contributed by atoms with Gasteiger partial charge in [0.1, 0.15) is 6.04 Å². The lowest BCUT2D eigenvalue weighted by atomic mass is 9.95. The molecule has 0 bridgehead atoms. The molecule has 2 amide bonds. The van der Waals surface area contributed by atoms with Gasteiger partial charge in [-0.1, -0.05) is 42.5 Å². The number of amides is 2. The van der Waals surface area contributed by atoms with Crippen LogP contribution >= 0.6 is 0 Å². The summed E-state index contributed by atoms with van der Waals surface area (Å²) in [4.78, 5) is 26.4. The Balaban J connectivity index is 1.87. The van der Waals surface area contributed by atoms with Crippen LogP contribution in [0.4, 0.5) is 0 Å². The standard InChI is InChI=1S/C17H16N2O2/c20-16-14-9-4-10-19(14)15(17(21)18-16)13-8-3-6-11-5-1-2-7-12(11)13/h1-3,5-8,14-15H,4,9-10H2,(H,18,20,21)/t14-,15-/m0/s1. The molecule has 0 aliphatic carbocycles. The molecule has 2 aliphatic rings. The number of imide groups is 1. The second-order valence-corrected chi connectivity index (χ2v) is 5.72. The molecular formula is C17H16N2O2. The molecule has 0 saturated carbocycles. The summed E-state index contributed by atoms with van der Waals surface area (Å²) in [6.07, 6.45) is 1.80. The van der Waals surface area contributed by atoms with Crippen molar-refractivity contribution in [2.75, 3.05) is 6.54 Å². The van der Waals surface area contributed by atoms with E-state index >= 15 is 0 Å². The van der Waals surface area contributed by atoms with Crippen LogP contribution in [0.25, 0.3) is 10.8 Å². The number of nitrogens with zero attached hydrogens (tertiary/aromatic N) is 1. The van der Waals surface area contributed by atoms with Crippen molar-refractivity contribution in [3.8, 4) is 0 Å². The van der Waals surface area contributed by atoms with E-state index in [1.54, 1.807) is 0 Å². The minimum atomic E-state index is -0.360. The van der Waals surface area contributed by atoms with Gasteiger partial charge in [-0.3, -0.25) is 19.8 Å². The lowest BCUT2D eigenvalue weighted by Crippen LogP contribution is -2.56. The Morgan fingerprint density at radius 3 is 2.71 bits per heavy atom. The summed E-state index contributed by atoms with van der Waals surface area (Å²) in [6, 6.07) is 13.6. The molecule has 4 rings (SSSR count). The van der Waals surface area contributed by atoms with Crippen LogP contribution in [0, 0.1) is 0 Å². The Hall–Kier alpha value is -2.20. The van der Waals surface area contributed by atoms with E-state index in [0.717, 1.165) is 35.7 Å². The Labute approximate surface area is 122 Å². The Morgan fingerprint density at radius 2 is 1.81 bits per heavy atom. The number of fused-ring (bicyclic) bond motifs is 2. The van der Waals surface area contributed by atoms with Crippen molar-refractivity contribution in [1.82, 2.24) is 10.2 Å². The van der Waals surface area contributed by atoms with Gasteiger partial charge in [-0.25, -0.2) is 0 Å². The van der Waals surface area contributed by atoms with Crippen molar-refractivity contribution in [2.24, 2.45) is 0 Å². The number of piperazine rings is 1. The second kappa shape index (κ2) is 4.67. The van der Waals surface area contributed by atoms with Crippen molar-refractivity contribution >= 4 is 22.6 Å². The zero-order valence-electron chi connectivity index (χ0n) is 11.6. The van der Waals surface area contributed by atoms with Gasteiger partial charge in [0.25, 0.3) is 0 Å². The van der Waals surface area contributed by atoms with Crippen molar-refractivity contribution < 1.29 is 9.59 Å². The molecule has 2 heterocycles. The number of carbonyl (C=O) groups excluding carboxylic acids is 2. The summed E-state index contributed by atoms with van der Waals surface area (Å²) in [5.74, 6) is -0.344. The maximum atomic E-state index is 12.4. The molecule has 2 fully saturated rings. The first-order valence-electron chi connectivity index (χ1n) is 7.34. The molecule has 0 radical (unpaired) electrons. The fourth-order valence-corrected chi connectivity index (χ4v) is 3.61. The first-order valence-corrected chi connectivity index (χ1v) is 7.34. The molecular weight excluding hydrogens is 264 g/mol. The quantitative estimate of drug-likeness (QED) is 0.813. The third-order valence-electron chi connectivity index (χ3n) is 4.54. The molecule has 0 spiro atoms. The van der Waals surface area contributed by atoms with Gasteiger partial charge >= 0.3 is 0 Å². The summed E-state index contributed by atoms with van der Waals surface area (Å²) >= 11 is 0.